The number of esters is 1. The van der Waals surface area contributed by atoms with Crippen LogP contribution in [0.2, 0.25) is 0 Å². The van der Waals surface area contributed by atoms with Gasteiger partial charge in [-0.05, 0) is 42.5 Å². The zero-order valence-corrected chi connectivity index (χ0v) is 23.5. The number of nitrogens with one attached hydrogen (secondary N) is 2. The molecule has 1 aromatic heterocycles. The maximum absolute atomic E-state index is 13.8. The number of benzene rings is 2. The molecule has 6 atom stereocenters. The summed E-state index contributed by atoms with van der Waals surface area (Å²) in [6.07, 6.45) is -1.10. The second kappa shape index (κ2) is 13.9. The number of carbonyl (C=O) groups excluding carboxylic acids is 4. The maximum atomic E-state index is 13.8. The smallest absolute Gasteiger partial charge is 0.312 e. The number of hydrogen-bond donors (Lipinski definition) is 4. The molecule has 1 aliphatic heterocycles. The normalized spacial score (nSPS) is 25.4. The first kappa shape index (κ1) is 30.4. The second-order valence-corrected chi connectivity index (χ2v) is 10.7. The third-order valence-corrected chi connectivity index (χ3v) is 7.47. The van der Waals surface area contributed by atoms with Crippen molar-refractivity contribution in [2.75, 3.05) is 0 Å². The number of amides is 2. The standard InChI is InChI=1S/C32H35N3O7/c1-19-16-25(37)26(18-22-12-7-4-8-13-22)42-32(41)20(2)29(38)23(17-21-10-5-3-6-11-21)34-30(39)27(19)35-31(40)28-24(36)14-9-15-33-28/h3-15,19-20,23,26-27,29,36,38H,16-18H2,1-2H3,(H,34,39)(H,35,40)/t19-,20+,23-,26?,27-,29-/m0/s1. The molecule has 4 rings (SSSR count). The molecule has 0 saturated carbocycles. The van der Waals surface area contributed by atoms with Gasteiger partial charge in [0, 0.05) is 19.0 Å². The molecule has 0 spiro atoms. The van der Waals surface area contributed by atoms with Gasteiger partial charge >= 0.3 is 5.97 Å². The van der Waals surface area contributed by atoms with Crippen molar-refractivity contribution in [3.63, 3.8) is 0 Å². The van der Waals surface area contributed by atoms with E-state index in [-0.39, 0.29) is 30.7 Å². The molecule has 42 heavy (non-hydrogen) atoms. The van der Waals surface area contributed by atoms with Crippen LogP contribution in [0.1, 0.15) is 41.9 Å². The van der Waals surface area contributed by atoms with Crippen LogP contribution < -0.4 is 10.6 Å². The first-order valence-corrected chi connectivity index (χ1v) is 13.9. The quantitative estimate of drug-likeness (QED) is 0.328. The lowest BCUT2D eigenvalue weighted by Crippen LogP contribution is -2.57. The van der Waals surface area contributed by atoms with Gasteiger partial charge in [0.05, 0.1) is 18.1 Å². The maximum Gasteiger partial charge on any atom is 0.312 e. The molecule has 4 N–H and O–H groups in total. The van der Waals surface area contributed by atoms with Crippen molar-refractivity contribution in [3.8, 4) is 5.75 Å². The molecule has 2 amide bonds. The Morgan fingerprint density at radius 2 is 1.57 bits per heavy atom. The van der Waals surface area contributed by atoms with Crippen LogP contribution in [-0.2, 0) is 32.0 Å². The van der Waals surface area contributed by atoms with Gasteiger partial charge in [-0.1, -0.05) is 67.6 Å². The van der Waals surface area contributed by atoms with E-state index < -0.39 is 59.7 Å². The number of aliphatic hydroxyl groups excluding tert-OH is 1. The SMILES string of the molecule is C[C@H]1CC(=O)C(Cc2ccccc2)OC(=O)[C@H](C)[C@H](O)[C@H](Cc2ccccc2)NC(=O)[C@H]1NC(=O)c1ncccc1O. The fraction of sp³-hybridized carbons (Fsp3) is 0.344. The molecule has 1 unspecified atom stereocenters. The highest BCUT2D eigenvalue weighted by atomic mass is 16.5. The second-order valence-electron chi connectivity index (χ2n) is 10.7. The minimum absolute atomic E-state index is 0.111. The Morgan fingerprint density at radius 3 is 2.19 bits per heavy atom. The number of rotatable bonds is 6. The third-order valence-electron chi connectivity index (χ3n) is 7.47. The number of ketones is 1. The molecule has 10 nitrogen and oxygen atoms in total. The number of aliphatic hydroxyl groups is 1. The number of hydrogen-bond acceptors (Lipinski definition) is 8. The van der Waals surface area contributed by atoms with Gasteiger partial charge in [-0.15, -0.1) is 0 Å². The van der Waals surface area contributed by atoms with Crippen molar-refractivity contribution in [2.24, 2.45) is 11.8 Å². The highest BCUT2D eigenvalue weighted by molar-refractivity contribution is 5.98. The van der Waals surface area contributed by atoms with Crippen molar-refractivity contribution in [2.45, 2.75) is 57.4 Å². The van der Waals surface area contributed by atoms with E-state index in [9.17, 15) is 29.4 Å². The zero-order valence-electron chi connectivity index (χ0n) is 23.5. The molecule has 1 fully saturated rings. The molecule has 2 heterocycles. The van der Waals surface area contributed by atoms with E-state index in [0.29, 0.717) is 0 Å². The van der Waals surface area contributed by atoms with Crippen LogP contribution >= 0.6 is 0 Å². The summed E-state index contributed by atoms with van der Waals surface area (Å²) >= 11 is 0. The summed E-state index contributed by atoms with van der Waals surface area (Å²) < 4.78 is 5.71. The minimum Gasteiger partial charge on any atom is -0.505 e. The molecule has 0 radical (unpaired) electrons. The van der Waals surface area contributed by atoms with Crippen LogP contribution in [0.3, 0.4) is 0 Å². The van der Waals surface area contributed by atoms with Crippen molar-refractivity contribution >= 4 is 23.6 Å². The summed E-state index contributed by atoms with van der Waals surface area (Å²) in [6, 6.07) is 18.8. The molecule has 0 aliphatic carbocycles. The van der Waals surface area contributed by atoms with E-state index in [4.69, 9.17) is 4.74 Å². The molecule has 1 saturated heterocycles. The van der Waals surface area contributed by atoms with E-state index in [1.165, 1.54) is 25.3 Å². The molecule has 2 aromatic carbocycles. The van der Waals surface area contributed by atoms with E-state index in [1.807, 2.05) is 60.7 Å². The number of ether oxygens (including phenoxy) is 1. The number of aromatic hydroxyl groups is 1. The Labute approximate surface area is 244 Å². The molecular formula is C32H35N3O7. The lowest BCUT2D eigenvalue weighted by molar-refractivity contribution is -0.163. The van der Waals surface area contributed by atoms with Crippen LogP contribution in [0.4, 0.5) is 0 Å². The Balaban J connectivity index is 1.69. The number of cyclic esters (lactones) is 1. The van der Waals surface area contributed by atoms with Gasteiger partial charge in [-0.2, -0.15) is 0 Å². The van der Waals surface area contributed by atoms with E-state index in [0.717, 1.165) is 11.1 Å². The number of Topliss-reactive ketones (excluding diaryl/α,β-unsaturated/α-hetero) is 1. The Kier molecular flexibility index (Phi) is 10.0. The van der Waals surface area contributed by atoms with Crippen molar-refractivity contribution in [1.29, 1.82) is 0 Å². The lowest BCUT2D eigenvalue weighted by Gasteiger charge is -2.33. The molecule has 1 aliphatic rings. The summed E-state index contributed by atoms with van der Waals surface area (Å²) in [6.45, 7) is 3.11. The van der Waals surface area contributed by atoms with E-state index in [2.05, 4.69) is 15.6 Å². The van der Waals surface area contributed by atoms with Gasteiger partial charge in [0.2, 0.25) is 5.91 Å². The molecule has 0 bridgehead atoms. The summed E-state index contributed by atoms with van der Waals surface area (Å²) in [7, 11) is 0. The van der Waals surface area contributed by atoms with Crippen LogP contribution in [-0.4, -0.2) is 63.1 Å². The summed E-state index contributed by atoms with van der Waals surface area (Å²) in [5, 5.41) is 26.9. The van der Waals surface area contributed by atoms with Crippen LogP contribution in [0.5, 0.6) is 5.75 Å². The van der Waals surface area contributed by atoms with Gasteiger partial charge in [-0.3, -0.25) is 19.2 Å². The third kappa shape index (κ3) is 7.58. The molecule has 10 heteroatoms. The van der Waals surface area contributed by atoms with E-state index in [1.54, 1.807) is 6.92 Å². The predicted octanol–water partition coefficient (Wildman–Crippen LogP) is 2.37. The largest absolute Gasteiger partial charge is 0.505 e. The average Bonchev–Trinajstić information content (AvgIpc) is 2.99. The van der Waals surface area contributed by atoms with Crippen LogP contribution in [0, 0.1) is 11.8 Å². The number of aromatic nitrogens is 1. The fourth-order valence-electron chi connectivity index (χ4n) is 5.00. The highest BCUT2D eigenvalue weighted by Crippen LogP contribution is 2.22. The van der Waals surface area contributed by atoms with Gasteiger partial charge < -0.3 is 25.6 Å². The van der Waals surface area contributed by atoms with Gasteiger partial charge in [0.1, 0.15) is 11.8 Å². The molecule has 220 valence electrons. The lowest BCUT2D eigenvalue weighted by atomic mass is 9.88. The average molecular weight is 574 g/mol. The summed E-state index contributed by atoms with van der Waals surface area (Å²) in [4.78, 5) is 57.5. The van der Waals surface area contributed by atoms with Crippen molar-refractivity contribution in [3.05, 3.63) is 95.8 Å². The van der Waals surface area contributed by atoms with Crippen molar-refractivity contribution in [1.82, 2.24) is 15.6 Å². The van der Waals surface area contributed by atoms with Gasteiger partial charge in [0.15, 0.2) is 17.6 Å². The Hall–Kier alpha value is -4.57. The Bertz CT molecular complexity index is 1400. The first-order valence-electron chi connectivity index (χ1n) is 13.9. The van der Waals surface area contributed by atoms with Gasteiger partial charge in [0.25, 0.3) is 5.91 Å². The van der Waals surface area contributed by atoms with Gasteiger partial charge in [-0.25, -0.2) is 4.98 Å². The minimum atomic E-state index is -1.37. The number of pyridine rings is 1. The number of carbonyl (C=O) groups is 4. The van der Waals surface area contributed by atoms with Crippen molar-refractivity contribution < 1.29 is 34.1 Å². The zero-order chi connectivity index (χ0) is 30.2. The van der Waals surface area contributed by atoms with Crippen LogP contribution in [0.25, 0.3) is 0 Å². The Morgan fingerprint density at radius 1 is 0.952 bits per heavy atom. The van der Waals surface area contributed by atoms with Crippen LogP contribution in [0.15, 0.2) is 79.0 Å². The summed E-state index contributed by atoms with van der Waals surface area (Å²) in [5.41, 5.74) is 1.30. The number of nitrogens with zero attached hydrogens (tertiary/aromatic N) is 1. The molecule has 3 aromatic rings. The topological polar surface area (TPSA) is 155 Å². The van der Waals surface area contributed by atoms with E-state index >= 15 is 0 Å². The fourth-order valence-corrected chi connectivity index (χ4v) is 5.00. The highest BCUT2D eigenvalue weighted by Gasteiger charge is 2.39. The molecular weight excluding hydrogens is 538 g/mol. The summed E-state index contributed by atoms with van der Waals surface area (Å²) in [5.74, 6) is -4.85. The monoisotopic (exact) mass is 573 g/mol. The predicted molar refractivity (Wildman–Crippen MR) is 153 cm³/mol. The first-order chi connectivity index (χ1) is 20.1.